The molecule has 1 amide bonds. The average molecular weight is 842 g/mol. The third-order valence-electron chi connectivity index (χ3n) is 11.6. The summed E-state index contributed by atoms with van der Waals surface area (Å²) in [6, 6.07) is -0.635. The van der Waals surface area contributed by atoms with E-state index in [4.69, 9.17) is 4.74 Å². The first-order chi connectivity index (χ1) is 29.5. The van der Waals surface area contributed by atoms with Crippen LogP contribution < -0.4 is 5.32 Å². The zero-order chi connectivity index (χ0) is 43.7. The van der Waals surface area contributed by atoms with E-state index >= 15 is 0 Å². The highest BCUT2D eigenvalue weighted by Crippen LogP contribution is 2.15. The van der Waals surface area contributed by atoms with Crippen LogP contribution in [0.1, 0.15) is 258 Å². The van der Waals surface area contributed by atoms with Gasteiger partial charge in [-0.1, -0.05) is 204 Å². The van der Waals surface area contributed by atoms with Crippen molar-refractivity contribution >= 4 is 11.9 Å². The molecule has 0 radical (unpaired) electrons. The molecule has 0 aromatic carbocycles. The van der Waals surface area contributed by atoms with E-state index in [-0.39, 0.29) is 18.5 Å². The van der Waals surface area contributed by atoms with E-state index in [0.29, 0.717) is 19.4 Å². The summed E-state index contributed by atoms with van der Waals surface area (Å²) >= 11 is 0. The number of hydrogen-bond acceptors (Lipinski definition) is 5. The summed E-state index contributed by atoms with van der Waals surface area (Å²) in [5.74, 6) is -0.105. The molecule has 3 N–H and O–H groups in total. The Hall–Kier alpha value is -2.18. The monoisotopic (exact) mass is 842 g/mol. The molecule has 0 fully saturated rings. The van der Waals surface area contributed by atoms with Gasteiger partial charge in [-0.15, -0.1) is 0 Å². The van der Waals surface area contributed by atoms with Crippen molar-refractivity contribution in [2.24, 2.45) is 0 Å². The van der Waals surface area contributed by atoms with Gasteiger partial charge in [-0.05, 0) is 89.9 Å². The number of unbranched alkanes of at least 4 members (excludes halogenated alkanes) is 31. The second kappa shape index (κ2) is 49.5. The van der Waals surface area contributed by atoms with Crippen LogP contribution in [0.2, 0.25) is 0 Å². The molecule has 0 bridgehead atoms. The number of aliphatic hydroxyl groups excluding tert-OH is 2. The highest BCUT2D eigenvalue weighted by Gasteiger charge is 2.18. The molecule has 0 saturated heterocycles. The van der Waals surface area contributed by atoms with Gasteiger partial charge in [0.15, 0.2) is 0 Å². The van der Waals surface area contributed by atoms with Gasteiger partial charge in [-0.3, -0.25) is 9.59 Å². The molecule has 0 saturated carbocycles. The van der Waals surface area contributed by atoms with E-state index in [1.54, 1.807) is 6.08 Å². The lowest BCUT2D eigenvalue weighted by molar-refractivity contribution is -0.143. The largest absolute Gasteiger partial charge is 0.466 e. The van der Waals surface area contributed by atoms with Crippen molar-refractivity contribution in [3.63, 3.8) is 0 Å². The molecular weight excluding hydrogens is 743 g/mol. The molecule has 60 heavy (non-hydrogen) atoms. The minimum absolute atomic E-state index is 0.0253. The van der Waals surface area contributed by atoms with Gasteiger partial charge in [0, 0.05) is 12.8 Å². The van der Waals surface area contributed by atoms with Crippen LogP contribution in [0.5, 0.6) is 0 Å². The zero-order valence-electron chi connectivity index (χ0n) is 39.7. The molecule has 6 heteroatoms. The van der Waals surface area contributed by atoms with Gasteiger partial charge in [-0.2, -0.15) is 0 Å². The number of aliphatic hydroxyl groups is 2. The van der Waals surface area contributed by atoms with E-state index in [9.17, 15) is 19.8 Å². The van der Waals surface area contributed by atoms with Gasteiger partial charge in [-0.25, -0.2) is 0 Å². The Balaban J connectivity index is 3.52. The third kappa shape index (κ3) is 45.3. The first kappa shape index (κ1) is 57.8. The fourth-order valence-electron chi connectivity index (χ4n) is 7.56. The number of hydrogen-bond donors (Lipinski definition) is 3. The van der Waals surface area contributed by atoms with Crippen LogP contribution in [0.15, 0.2) is 48.6 Å². The molecule has 6 nitrogen and oxygen atoms in total. The maximum atomic E-state index is 12.4. The number of esters is 1. The maximum Gasteiger partial charge on any atom is 0.305 e. The second-order valence-corrected chi connectivity index (χ2v) is 17.5. The SMILES string of the molecule is CCCCC/C=C\CCCCCCCC(=O)OCCCCC/C=C\C=C/CCCCCCCCCCCCC(=O)NC(CO)C(O)/C=C/CCCCCCCCCCCC. The van der Waals surface area contributed by atoms with E-state index < -0.39 is 12.1 Å². The number of carbonyl (C=O) groups is 2. The van der Waals surface area contributed by atoms with Crippen LogP contribution in [-0.2, 0) is 14.3 Å². The summed E-state index contributed by atoms with van der Waals surface area (Å²) in [5.41, 5.74) is 0. The Morgan fingerprint density at radius 3 is 1.32 bits per heavy atom. The van der Waals surface area contributed by atoms with Gasteiger partial charge < -0.3 is 20.3 Å². The molecule has 0 aromatic heterocycles. The van der Waals surface area contributed by atoms with Gasteiger partial charge >= 0.3 is 5.97 Å². The van der Waals surface area contributed by atoms with Crippen LogP contribution in [-0.4, -0.2) is 47.4 Å². The Bertz CT molecular complexity index is 1020. The van der Waals surface area contributed by atoms with E-state index in [1.807, 2.05) is 6.08 Å². The van der Waals surface area contributed by atoms with Crippen LogP contribution in [0.4, 0.5) is 0 Å². The number of nitrogens with one attached hydrogen (secondary N) is 1. The molecule has 0 aliphatic carbocycles. The first-order valence-corrected chi connectivity index (χ1v) is 25.9. The minimum atomic E-state index is -0.850. The summed E-state index contributed by atoms with van der Waals surface area (Å²) in [6.45, 7) is 4.81. The molecule has 0 heterocycles. The number of amides is 1. The Kier molecular flexibility index (Phi) is 47.7. The molecule has 0 aromatic rings. The zero-order valence-corrected chi connectivity index (χ0v) is 39.7. The predicted molar refractivity (Wildman–Crippen MR) is 259 cm³/mol. The fourth-order valence-corrected chi connectivity index (χ4v) is 7.56. The van der Waals surface area contributed by atoms with Gasteiger partial charge in [0.2, 0.25) is 5.91 Å². The van der Waals surface area contributed by atoms with Crippen LogP contribution in [0.3, 0.4) is 0 Å². The lowest BCUT2D eigenvalue weighted by Crippen LogP contribution is -2.45. The molecule has 2 atom stereocenters. The highest BCUT2D eigenvalue weighted by atomic mass is 16.5. The minimum Gasteiger partial charge on any atom is -0.466 e. The first-order valence-electron chi connectivity index (χ1n) is 25.9. The summed E-state index contributed by atoms with van der Waals surface area (Å²) in [5, 5.41) is 23.0. The summed E-state index contributed by atoms with van der Waals surface area (Å²) in [7, 11) is 0. The van der Waals surface area contributed by atoms with E-state index in [2.05, 4.69) is 55.6 Å². The van der Waals surface area contributed by atoms with Crippen molar-refractivity contribution < 1.29 is 24.5 Å². The Labute approximate surface area is 372 Å². The predicted octanol–water partition coefficient (Wildman–Crippen LogP) is 15.5. The summed E-state index contributed by atoms with van der Waals surface area (Å²) in [6.07, 6.45) is 61.1. The van der Waals surface area contributed by atoms with Crippen molar-refractivity contribution in [1.82, 2.24) is 5.32 Å². The van der Waals surface area contributed by atoms with Crippen molar-refractivity contribution in [2.75, 3.05) is 13.2 Å². The van der Waals surface area contributed by atoms with Gasteiger partial charge in [0.05, 0.1) is 25.4 Å². The quantitative estimate of drug-likeness (QED) is 0.0245. The Morgan fingerprint density at radius 1 is 0.467 bits per heavy atom. The summed E-state index contributed by atoms with van der Waals surface area (Å²) in [4.78, 5) is 24.4. The van der Waals surface area contributed by atoms with Crippen molar-refractivity contribution in [3.05, 3.63) is 48.6 Å². The van der Waals surface area contributed by atoms with Crippen LogP contribution >= 0.6 is 0 Å². The van der Waals surface area contributed by atoms with Crippen molar-refractivity contribution in [3.8, 4) is 0 Å². The van der Waals surface area contributed by atoms with Crippen LogP contribution in [0, 0.1) is 0 Å². The smallest absolute Gasteiger partial charge is 0.305 e. The molecule has 2 unspecified atom stereocenters. The average Bonchev–Trinajstić information content (AvgIpc) is 3.25. The van der Waals surface area contributed by atoms with E-state index in [0.717, 1.165) is 77.0 Å². The van der Waals surface area contributed by atoms with Crippen molar-refractivity contribution in [2.45, 2.75) is 270 Å². The molecule has 350 valence electrons. The fraction of sp³-hybridized carbons (Fsp3) is 0.815. The number of carbonyl (C=O) groups excluding carboxylic acids is 2. The van der Waals surface area contributed by atoms with Crippen molar-refractivity contribution in [1.29, 1.82) is 0 Å². The number of ether oxygens (including phenoxy) is 1. The van der Waals surface area contributed by atoms with E-state index in [1.165, 1.54) is 154 Å². The highest BCUT2D eigenvalue weighted by molar-refractivity contribution is 5.76. The lowest BCUT2D eigenvalue weighted by atomic mass is 10.0. The van der Waals surface area contributed by atoms with Gasteiger partial charge in [0.25, 0.3) is 0 Å². The molecule has 0 rings (SSSR count). The Morgan fingerprint density at radius 2 is 0.833 bits per heavy atom. The van der Waals surface area contributed by atoms with Crippen LogP contribution in [0.25, 0.3) is 0 Å². The number of allylic oxidation sites excluding steroid dienone is 7. The number of rotatable bonds is 47. The second-order valence-electron chi connectivity index (χ2n) is 17.5. The molecular formula is C54H99NO5. The lowest BCUT2D eigenvalue weighted by Gasteiger charge is -2.20. The molecule has 0 spiro atoms. The third-order valence-corrected chi connectivity index (χ3v) is 11.6. The molecule has 0 aliphatic heterocycles. The topological polar surface area (TPSA) is 95.9 Å². The molecule has 0 aliphatic rings. The normalized spacial score (nSPS) is 13.1. The van der Waals surface area contributed by atoms with Gasteiger partial charge in [0.1, 0.15) is 0 Å². The summed E-state index contributed by atoms with van der Waals surface area (Å²) < 4.78 is 5.43. The maximum absolute atomic E-state index is 12.4. The standard InChI is InChI=1S/C54H99NO5/c1-3-5-7-9-11-13-15-26-30-34-38-42-46-52(57)51(50-56)55-53(58)47-43-39-35-31-27-24-22-20-18-17-19-21-23-25-29-33-37-41-45-49-60-54(59)48-44-40-36-32-28-16-14-12-10-8-6-4-2/h12,14,21,23,25,29,42,46,51-52,56-57H,3-11,13,15-20,22,24,26-28,30-41,43-45,47-50H2,1-2H3,(H,55,58)/b14-12-,23-21-,29-25-,46-42+.